The second-order valence-corrected chi connectivity index (χ2v) is 7.21. The van der Waals surface area contributed by atoms with Crippen LogP contribution in [0.2, 0.25) is 20.1 Å². The number of rotatable bonds is 4. The first kappa shape index (κ1) is 19.2. The second-order valence-electron chi connectivity index (χ2n) is 5.17. The molecule has 26 heavy (non-hydrogen) atoms. The fourth-order valence-electron chi connectivity index (χ4n) is 2.11. The first-order valence-corrected chi connectivity index (χ1v) is 9.20. The van der Waals surface area contributed by atoms with Gasteiger partial charge in [0.25, 0.3) is 0 Å². The van der Waals surface area contributed by atoms with Crippen LogP contribution in [0.3, 0.4) is 0 Å². The normalized spacial score (nSPS) is 10.6. The standard InChI is InChI=1S/C16H11Cl4N5S/c17-11-2-1-3-12(18)10(11)7-25-8-21-15(24-25)23-16(26)22-9-4-5-13(19)14(20)6-9/h1-6,8H,7H2,(H2,22,23,24,26). The third-order valence-electron chi connectivity index (χ3n) is 3.32. The van der Waals surface area contributed by atoms with Crippen molar-refractivity contribution >= 4 is 75.4 Å². The summed E-state index contributed by atoms with van der Waals surface area (Å²) in [6.07, 6.45) is 1.56. The van der Waals surface area contributed by atoms with Gasteiger partial charge >= 0.3 is 0 Å². The third kappa shape index (κ3) is 4.78. The molecule has 0 bridgehead atoms. The van der Waals surface area contributed by atoms with Crippen molar-refractivity contribution in [3.05, 3.63) is 68.4 Å². The summed E-state index contributed by atoms with van der Waals surface area (Å²) in [4.78, 5) is 4.16. The number of nitrogens with zero attached hydrogens (tertiary/aromatic N) is 3. The van der Waals surface area contributed by atoms with Crippen molar-refractivity contribution in [2.75, 3.05) is 10.6 Å². The van der Waals surface area contributed by atoms with Crippen LogP contribution < -0.4 is 10.6 Å². The van der Waals surface area contributed by atoms with Crippen molar-refractivity contribution in [2.24, 2.45) is 0 Å². The predicted octanol–water partition coefficient (Wildman–Crippen LogP) is 5.75. The zero-order chi connectivity index (χ0) is 18.7. The Bertz CT molecular complexity index is 939. The molecule has 0 spiro atoms. The minimum atomic E-state index is 0.317. The molecule has 1 heterocycles. The van der Waals surface area contributed by atoms with Crippen molar-refractivity contribution in [3.63, 3.8) is 0 Å². The summed E-state index contributed by atoms with van der Waals surface area (Å²) in [5, 5.41) is 12.5. The first-order valence-electron chi connectivity index (χ1n) is 7.28. The lowest BCUT2D eigenvalue weighted by Gasteiger charge is -2.09. The Hall–Kier alpha value is -1.57. The molecular formula is C16H11Cl4N5S. The molecule has 0 aliphatic rings. The van der Waals surface area contributed by atoms with E-state index in [0.29, 0.717) is 43.4 Å². The van der Waals surface area contributed by atoms with Crippen molar-refractivity contribution in [1.82, 2.24) is 14.8 Å². The number of thiocarbonyl (C=S) groups is 1. The molecular weight excluding hydrogens is 436 g/mol. The van der Waals surface area contributed by atoms with E-state index in [9.17, 15) is 0 Å². The maximum atomic E-state index is 6.17. The minimum absolute atomic E-state index is 0.317. The van der Waals surface area contributed by atoms with Gasteiger partial charge in [0.2, 0.25) is 5.95 Å². The number of hydrogen-bond donors (Lipinski definition) is 2. The average molecular weight is 447 g/mol. The molecule has 0 unspecified atom stereocenters. The Balaban J connectivity index is 1.64. The molecule has 134 valence electrons. The summed E-state index contributed by atoms with van der Waals surface area (Å²) in [7, 11) is 0. The Morgan fingerprint density at radius 1 is 0.962 bits per heavy atom. The molecule has 2 aromatic carbocycles. The molecule has 0 aliphatic carbocycles. The van der Waals surface area contributed by atoms with Crippen LogP contribution in [0, 0.1) is 0 Å². The van der Waals surface area contributed by atoms with E-state index in [1.807, 2.05) is 0 Å². The zero-order valence-corrected chi connectivity index (χ0v) is 16.9. The van der Waals surface area contributed by atoms with Gasteiger partial charge in [0, 0.05) is 21.3 Å². The lowest BCUT2D eigenvalue weighted by Crippen LogP contribution is -2.20. The van der Waals surface area contributed by atoms with Crippen molar-refractivity contribution in [2.45, 2.75) is 6.54 Å². The van der Waals surface area contributed by atoms with Crippen LogP contribution in [0.4, 0.5) is 11.6 Å². The van der Waals surface area contributed by atoms with Crippen LogP contribution in [0.1, 0.15) is 5.56 Å². The summed E-state index contributed by atoms with van der Waals surface area (Å²) in [5.74, 6) is 0.339. The summed E-state index contributed by atoms with van der Waals surface area (Å²) >= 11 is 29.5. The number of nitrogens with one attached hydrogen (secondary N) is 2. The van der Waals surface area contributed by atoms with E-state index in [4.69, 9.17) is 58.6 Å². The Morgan fingerprint density at radius 3 is 2.38 bits per heavy atom. The third-order valence-corrected chi connectivity index (χ3v) is 4.97. The number of hydrogen-bond acceptors (Lipinski definition) is 3. The summed E-state index contributed by atoms with van der Waals surface area (Å²) in [6.45, 7) is 0.389. The van der Waals surface area contributed by atoms with Gasteiger partial charge in [-0.2, -0.15) is 0 Å². The molecule has 0 atom stereocenters. The average Bonchev–Trinajstić information content (AvgIpc) is 3.01. The maximum absolute atomic E-state index is 6.17. The van der Waals surface area contributed by atoms with E-state index >= 15 is 0 Å². The lowest BCUT2D eigenvalue weighted by molar-refractivity contribution is 0.687. The molecule has 10 heteroatoms. The fourth-order valence-corrected chi connectivity index (χ4v) is 3.14. The van der Waals surface area contributed by atoms with Gasteiger partial charge in [-0.3, -0.25) is 5.32 Å². The highest BCUT2D eigenvalue weighted by Gasteiger charge is 2.09. The van der Waals surface area contributed by atoms with Crippen LogP contribution in [-0.4, -0.2) is 19.9 Å². The predicted molar refractivity (Wildman–Crippen MR) is 112 cm³/mol. The van der Waals surface area contributed by atoms with E-state index < -0.39 is 0 Å². The highest BCUT2D eigenvalue weighted by atomic mass is 35.5. The van der Waals surface area contributed by atoms with Gasteiger partial charge in [0.1, 0.15) is 6.33 Å². The Kier molecular flexibility index (Phi) is 6.21. The zero-order valence-electron chi connectivity index (χ0n) is 13.0. The van der Waals surface area contributed by atoms with E-state index in [0.717, 1.165) is 5.56 Å². The van der Waals surface area contributed by atoms with Crippen LogP contribution in [0.25, 0.3) is 0 Å². The fraction of sp³-hybridized carbons (Fsp3) is 0.0625. The summed E-state index contributed by atoms with van der Waals surface area (Å²) in [5.41, 5.74) is 1.46. The number of aromatic nitrogens is 3. The Labute approximate surface area is 175 Å². The van der Waals surface area contributed by atoms with E-state index in [2.05, 4.69) is 20.7 Å². The van der Waals surface area contributed by atoms with Crippen molar-refractivity contribution in [3.8, 4) is 0 Å². The van der Waals surface area contributed by atoms with Gasteiger partial charge in [-0.15, -0.1) is 5.10 Å². The van der Waals surface area contributed by atoms with Gasteiger partial charge < -0.3 is 5.32 Å². The maximum Gasteiger partial charge on any atom is 0.248 e. The van der Waals surface area contributed by atoms with Crippen LogP contribution in [0.5, 0.6) is 0 Å². The topological polar surface area (TPSA) is 54.8 Å². The van der Waals surface area contributed by atoms with Gasteiger partial charge in [0.15, 0.2) is 5.11 Å². The smallest absolute Gasteiger partial charge is 0.248 e. The molecule has 0 radical (unpaired) electrons. The molecule has 2 N–H and O–H groups in total. The van der Waals surface area contributed by atoms with E-state index in [-0.39, 0.29) is 0 Å². The molecule has 0 saturated heterocycles. The first-order chi connectivity index (χ1) is 12.4. The molecule has 1 aromatic heterocycles. The van der Waals surface area contributed by atoms with Gasteiger partial charge in [-0.1, -0.05) is 52.5 Å². The van der Waals surface area contributed by atoms with Crippen molar-refractivity contribution < 1.29 is 0 Å². The lowest BCUT2D eigenvalue weighted by atomic mass is 10.2. The van der Waals surface area contributed by atoms with E-state index in [1.54, 1.807) is 47.4 Å². The van der Waals surface area contributed by atoms with Crippen LogP contribution in [-0.2, 0) is 6.54 Å². The highest BCUT2D eigenvalue weighted by molar-refractivity contribution is 7.80. The quantitative estimate of drug-likeness (QED) is 0.499. The minimum Gasteiger partial charge on any atom is -0.332 e. The second kappa shape index (κ2) is 8.41. The largest absolute Gasteiger partial charge is 0.332 e. The summed E-state index contributed by atoms with van der Waals surface area (Å²) < 4.78 is 1.61. The molecule has 3 rings (SSSR count). The molecule has 0 aliphatic heterocycles. The van der Waals surface area contributed by atoms with Crippen LogP contribution >= 0.6 is 58.6 Å². The molecule has 3 aromatic rings. The van der Waals surface area contributed by atoms with E-state index in [1.165, 1.54) is 0 Å². The number of benzene rings is 2. The monoisotopic (exact) mass is 445 g/mol. The Morgan fingerprint density at radius 2 is 1.69 bits per heavy atom. The SMILES string of the molecule is S=C(Nc1ccc(Cl)c(Cl)c1)Nc1ncn(Cc2c(Cl)cccc2Cl)n1. The summed E-state index contributed by atoms with van der Waals surface area (Å²) in [6, 6.07) is 10.4. The van der Waals surface area contributed by atoms with Gasteiger partial charge in [-0.25, -0.2) is 9.67 Å². The highest BCUT2D eigenvalue weighted by Crippen LogP contribution is 2.26. The molecule has 0 saturated carbocycles. The van der Waals surface area contributed by atoms with Gasteiger partial charge in [-0.05, 0) is 42.5 Å². The number of halogens is 4. The van der Waals surface area contributed by atoms with Crippen LogP contribution in [0.15, 0.2) is 42.7 Å². The molecule has 0 amide bonds. The van der Waals surface area contributed by atoms with Gasteiger partial charge in [0.05, 0.1) is 16.6 Å². The number of anilines is 2. The molecule has 0 fully saturated rings. The molecule has 5 nitrogen and oxygen atoms in total. The van der Waals surface area contributed by atoms with Crippen molar-refractivity contribution in [1.29, 1.82) is 0 Å².